The summed E-state index contributed by atoms with van der Waals surface area (Å²) in [6.45, 7) is 0.655. The minimum atomic E-state index is -0.852. The zero-order chi connectivity index (χ0) is 14.5. The molecule has 0 spiro atoms. The Balaban J connectivity index is 1.88. The summed E-state index contributed by atoms with van der Waals surface area (Å²) in [6.07, 6.45) is -0.852. The molecular weight excluding hydrogens is 284 g/mol. The zero-order valence-electron chi connectivity index (χ0n) is 10.6. The van der Waals surface area contributed by atoms with Crippen LogP contribution in [0.5, 0.6) is 0 Å². The van der Waals surface area contributed by atoms with Gasteiger partial charge in [0.15, 0.2) is 0 Å². The first-order valence-electron chi connectivity index (χ1n) is 6.14. The lowest BCUT2D eigenvalue weighted by atomic mass is 10.1. The van der Waals surface area contributed by atoms with E-state index in [1.807, 2.05) is 0 Å². The highest BCUT2D eigenvalue weighted by molar-refractivity contribution is 6.30. The van der Waals surface area contributed by atoms with Crippen molar-refractivity contribution in [1.29, 1.82) is 0 Å². The molecule has 0 radical (unpaired) electrons. The van der Waals surface area contributed by atoms with E-state index in [1.54, 1.807) is 18.2 Å². The van der Waals surface area contributed by atoms with Gasteiger partial charge >= 0.3 is 0 Å². The van der Waals surface area contributed by atoms with Crippen molar-refractivity contribution >= 4 is 11.6 Å². The Morgan fingerprint density at radius 1 is 1.15 bits per heavy atom. The molecular formula is C15H14ClF2NO. The van der Waals surface area contributed by atoms with Gasteiger partial charge in [0.05, 0.1) is 11.1 Å². The van der Waals surface area contributed by atoms with E-state index in [0.717, 1.165) is 5.56 Å². The zero-order valence-corrected chi connectivity index (χ0v) is 11.4. The normalized spacial score (nSPS) is 12.4. The highest BCUT2D eigenvalue weighted by Gasteiger charge is 2.09. The minimum absolute atomic E-state index is 0.0219. The summed E-state index contributed by atoms with van der Waals surface area (Å²) >= 11 is 5.58. The first kappa shape index (κ1) is 14.9. The lowest BCUT2D eigenvalue weighted by Crippen LogP contribution is -2.21. The molecule has 2 aromatic rings. The van der Waals surface area contributed by atoms with E-state index in [2.05, 4.69) is 5.32 Å². The predicted octanol–water partition coefficient (Wildman–Crippen LogP) is 3.44. The summed E-state index contributed by atoms with van der Waals surface area (Å²) < 4.78 is 26.2. The summed E-state index contributed by atoms with van der Waals surface area (Å²) in [5.41, 5.74) is 1.22. The Hall–Kier alpha value is -1.49. The molecule has 0 aliphatic carbocycles. The maximum absolute atomic E-state index is 13.3. The fourth-order valence-electron chi connectivity index (χ4n) is 1.84. The van der Waals surface area contributed by atoms with Crippen molar-refractivity contribution < 1.29 is 13.9 Å². The second-order valence-corrected chi connectivity index (χ2v) is 4.86. The Morgan fingerprint density at radius 3 is 2.65 bits per heavy atom. The van der Waals surface area contributed by atoms with Crippen LogP contribution in [0.2, 0.25) is 5.02 Å². The van der Waals surface area contributed by atoms with Crippen LogP contribution in [-0.2, 0) is 6.54 Å². The summed E-state index contributed by atoms with van der Waals surface area (Å²) in [6, 6.07) is 10.4. The molecule has 1 unspecified atom stereocenters. The van der Waals surface area contributed by atoms with Crippen molar-refractivity contribution in [2.45, 2.75) is 12.6 Å². The summed E-state index contributed by atoms with van der Waals surface area (Å²) in [5.74, 6) is -0.863. The predicted molar refractivity (Wildman–Crippen MR) is 74.5 cm³/mol. The lowest BCUT2D eigenvalue weighted by Gasteiger charge is -2.12. The van der Waals surface area contributed by atoms with Gasteiger partial charge in [0.25, 0.3) is 0 Å². The number of aliphatic hydroxyl groups is 1. The van der Waals surface area contributed by atoms with Gasteiger partial charge in [-0.25, -0.2) is 8.78 Å². The van der Waals surface area contributed by atoms with E-state index in [0.29, 0.717) is 12.1 Å². The summed E-state index contributed by atoms with van der Waals surface area (Å²) in [5, 5.41) is 12.9. The van der Waals surface area contributed by atoms with Crippen molar-refractivity contribution in [2.24, 2.45) is 0 Å². The van der Waals surface area contributed by atoms with Gasteiger partial charge in [-0.15, -0.1) is 0 Å². The van der Waals surface area contributed by atoms with Gasteiger partial charge < -0.3 is 10.4 Å². The third-order valence-electron chi connectivity index (χ3n) is 2.88. The smallest absolute Gasteiger partial charge is 0.142 e. The average Bonchev–Trinajstić information content (AvgIpc) is 2.42. The fourth-order valence-corrected chi connectivity index (χ4v) is 1.96. The molecule has 2 nitrogen and oxygen atoms in total. The Kier molecular flexibility index (Phi) is 5.06. The standard InChI is InChI=1S/C15H14ClF2NO/c16-13-5-4-11(7-14(13)18)15(20)9-19-8-10-2-1-3-12(17)6-10/h1-7,15,19-20H,8-9H2. The van der Waals surface area contributed by atoms with Crippen LogP contribution in [0.4, 0.5) is 8.78 Å². The summed E-state index contributed by atoms with van der Waals surface area (Å²) in [7, 11) is 0. The van der Waals surface area contributed by atoms with Crippen molar-refractivity contribution in [2.75, 3.05) is 6.54 Å². The van der Waals surface area contributed by atoms with E-state index >= 15 is 0 Å². The first-order valence-corrected chi connectivity index (χ1v) is 6.52. The molecule has 0 saturated heterocycles. The minimum Gasteiger partial charge on any atom is -0.387 e. The fraction of sp³-hybridized carbons (Fsp3) is 0.200. The van der Waals surface area contributed by atoms with Gasteiger partial charge in [-0.3, -0.25) is 0 Å². The number of nitrogens with one attached hydrogen (secondary N) is 1. The molecule has 0 aliphatic rings. The number of halogens is 3. The molecule has 2 aromatic carbocycles. The van der Waals surface area contributed by atoms with E-state index in [4.69, 9.17) is 11.6 Å². The van der Waals surface area contributed by atoms with Gasteiger partial charge in [0.2, 0.25) is 0 Å². The first-order chi connectivity index (χ1) is 9.56. The third-order valence-corrected chi connectivity index (χ3v) is 3.19. The molecule has 0 heterocycles. The lowest BCUT2D eigenvalue weighted by molar-refractivity contribution is 0.174. The number of aliphatic hydroxyl groups excluding tert-OH is 1. The topological polar surface area (TPSA) is 32.3 Å². The van der Waals surface area contributed by atoms with Gasteiger partial charge in [-0.1, -0.05) is 29.8 Å². The van der Waals surface area contributed by atoms with Crippen LogP contribution < -0.4 is 5.32 Å². The van der Waals surface area contributed by atoms with Crippen molar-refractivity contribution in [3.05, 3.63) is 70.2 Å². The maximum Gasteiger partial charge on any atom is 0.142 e. The van der Waals surface area contributed by atoms with E-state index in [1.165, 1.54) is 24.3 Å². The Morgan fingerprint density at radius 2 is 1.95 bits per heavy atom. The second-order valence-electron chi connectivity index (χ2n) is 4.45. The van der Waals surface area contributed by atoms with Crippen LogP contribution in [0, 0.1) is 11.6 Å². The number of rotatable bonds is 5. The van der Waals surface area contributed by atoms with Crippen LogP contribution in [0.3, 0.4) is 0 Å². The van der Waals surface area contributed by atoms with Gasteiger partial charge in [0, 0.05) is 13.1 Å². The number of hydrogen-bond donors (Lipinski definition) is 2. The van der Waals surface area contributed by atoms with Gasteiger partial charge in [-0.2, -0.15) is 0 Å². The average molecular weight is 298 g/mol. The van der Waals surface area contributed by atoms with Crippen LogP contribution in [0.1, 0.15) is 17.2 Å². The van der Waals surface area contributed by atoms with E-state index in [-0.39, 0.29) is 17.4 Å². The maximum atomic E-state index is 13.3. The molecule has 0 bridgehead atoms. The molecule has 2 N–H and O–H groups in total. The molecule has 0 aliphatic heterocycles. The largest absolute Gasteiger partial charge is 0.387 e. The number of hydrogen-bond acceptors (Lipinski definition) is 2. The molecule has 1 atom stereocenters. The highest BCUT2D eigenvalue weighted by Crippen LogP contribution is 2.20. The molecule has 0 saturated carbocycles. The van der Waals surface area contributed by atoms with E-state index in [9.17, 15) is 13.9 Å². The molecule has 5 heteroatoms. The van der Waals surface area contributed by atoms with Crippen molar-refractivity contribution in [3.8, 4) is 0 Å². The SMILES string of the molecule is OC(CNCc1cccc(F)c1)c1ccc(Cl)c(F)c1. The Labute approximate surface area is 121 Å². The van der Waals surface area contributed by atoms with Crippen molar-refractivity contribution in [3.63, 3.8) is 0 Å². The van der Waals surface area contributed by atoms with Crippen LogP contribution in [0.15, 0.2) is 42.5 Å². The molecule has 0 aromatic heterocycles. The second kappa shape index (κ2) is 6.79. The monoisotopic (exact) mass is 297 g/mol. The van der Waals surface area contributed by atoms with Crippen LogP contribution in [0.25, 0.3) is 0 Å². The van der Waals surface area contributed by atoms with Gasteiger partial charge in [-0.05, 0) is 35.4 Å². The van der Waals surface area contributed by atoms with Crippen LogP contribution >= 0.6 is 11.6 Å². The molecule has 0 amide bonds. The van der Waals surface area contributed by atoms with E-state index < -0.39 is 11.9 Å². The third kappa shape index (κ3) is 4.00. The molecule has 2 rings (SSSR count). The van der Waals surface area contributed by atoms with Crippen molar-refractivity contribution in [1.82, 2.24) is 5.32 Å². The quantitative estimate of drug-likeness (QED) is 0.886. The van der Waals surface area contributed by atoms with Crippen LogP contribution in [-0.4, -0.2) is 11.7 Å². The Bertz CT molecular complexity index is 592. The summed E-state index contributed by atoms with van der Waals surface area (Å²) in [4.78, 5) is 0. The van der Waals surface area contributed by atoms with Gasteiger partial charge in [0.1, 0.15) is 11.6 Å². The molecule has 0 fully saturated rings. The molecule has 106 valence electrons. The molecule has 20 heavy (non-hydrogen) atoms. The highest BCUT2D eigenvalue weighted by atomic mass is 35.5. The number of benzene rings is 2.